The van der Waals surface area contributed by atoms with Gasteiger partial charge >= 0.3 is 6.18 Å². The van der Waals surface area contributed by atoms with E-state index in [1.54, 1.807) is 13.8 Å². The molecule has 1 rings (SSSR count). The molecule has 0 bridgehead atoms. The van der Waals surface area contributed by atoms with Crippen molar-refractivity contribution in [3.8, 4) is 0 Å². The third-order valence-electron chi connectivity index (χ3n) is 3.11. The highest BCUT2D eigenvalue weighted by Crippen LogP contribution is 2.33. The largest absolute Gasteiger partial charge is 0.416 e. The Morgan fingerprint density at radius 1 is 1.22 bits per heavy atom. The summed E-state index contributed by atoms with van der Waals surface area (Å²) in [5, 5.41) is -0.292. The average Bonchev–Trinajstić information content (AvgIpc) is 2.36. The van der Waals surface area contributed by atoms with E-state index in [0.29, 0.717) is 12.1 Å². The standard InChI is InChI=1S/C13H18ClF3N2O2S.ClH/c1-12(2,7-18)8-19(3)22(20,21)11-5-9(13(15,16)17)4-10(14)6-11;/h4-6H,7-8,18H2,1-3H3;1H. The van der Waals surface area contributed by atoms with Gasteiger partial charge in [-0.05, 0) is 30.2 Å². The summed E-state index contributed by atoms with van der Waals surface area (Å²) in [7, 11) is -2.80. The predicted octanol–water partition coefficient (Wildman–Crippen LogP) is 3.39. The minimum absolute atomic E-state index is 0. The molecule has 0 saturated carbocycles. The molecule has 10 heteroatoms. The summed E-state index contributed by atoms with van der Waals surface area (Å²) < 4.78 is 64.1. The lowest BCUT2D eigenvalue weighted by Crippen LogP contribution is -2.39. The van der Waals surface area contributed by atoms with Crippen molar-refractivity contribution in [1.29, 1.82) is 0 Å². The number of alkyl halides is 3. The Morgan fingerprint density at radius 2 is 1.74 bits per heavy atom. The van der Waals surface area contributed by atoms with Crippen LogP contribution in [0.2, 0.25) is 5.02 Å². The maximum absolute atomic E-state index is 12.8. The molecule has 4 nitrogen and oxygen atoms in total. The normalized spacial score (nSPS) is 13.1. The highest BCUT2D eigenvalue weighted by Gasteiger charge is 2.34. The lowest BCUT2D eigenvalue weighted by atomic mass is 9.94. The van der Waals surface area contributed by atoms with E-state index < -0.39 is 32.1 Å². The molecule has 1 aromatic carbocycles. The van der Waals surface area contributed by atoms with Crippen LogP contribution in [-0.4, -0.2) is 32.9 Å². The van der Waals surface area contributed by atoms with Crippen molar-refractivity contribution < 1.29 is 21.6 Å². The van der Waals surface area contributed by atoms with Crippen LogP contribution >= 0.6 is 24.0 Å². The number of hydrogen-bond donors (Lipinski definition) is 1. The summed E-state index contributed by atoms with van der Waals surface area (Å²) in [6.07, 6.45) is -4.68. The lowest BCUT2D eigenvalue weighted by molar-refractivity contribution is -0.137. The summed E-state index contributed by atoms with van der Waals surface area (Å²) >= 11 is 5.62. The van der Waals surface area contributed by atoms with Gasteiger partial charge in [0.25, 0.3) is 0 Å². The molecule has 0 atom stereocenters. The first-order valence-corrected chi connectivity index (χ1v) is 8.15. The Kier molecular flexibility index (Phi) is 7.39. The third kappa shape index (κ3) is 5.79. The maximum Gasteiger partial charge on any atom is 0.416 e. The van der Waals surface area contributed by atoms with Crippen LogP contribution in [0.4, 0.5) is 13.2 Å². The van der Waals surface area contributed by atoms with Gasteiger partial charge in [-0.1, -0.05) is 25.4 Å². The van der Waals surface area contributed by atoms with Crippen LogP contribution in [0.15, 0.2) is 23.1 Å². The zero-order valence-electron chi connectivity index (χ0n) is 12.8. The van der Waals surface area contributed by atoms with Crippen molar-refractivity contribution in [2.75, 3.05) is 20.1 Å². The number of halogens is 5. The van der Waals surface area contributed by atoms with Crippen LogP contribution in [0.5, 0.6) is 0 Å². The molecule has 0 heterocycles. The number of sulfonamides is 1. The van der Waals surface area contributed by atoms with E-state index in [9.17, 15) is 21.6 Å². The van der Waals surface area contributed by atoms with Crippen LogP contribution in [0.3, 0.4) is 0 Å². The van der Waals surface area contributed by atoms with Gasteiger partial charge in [0.15, 0.2) is 0 Å². The van der Waals surface area contributed by atoms with Gasteiger partial charge in [0, 0.05) is 18.6 Å². The molecule has 23 heavy (non-hydrogen) atoms. The van der Waals surface area contributed by atoms with Gasteiger partial charge in [-0.15, -0.1) is 12.4 Å². The molecule has 0 amide bonds. The van der Waals surface area contributed by atoms with Crippen molar-refractivity contribution in [3.63, 3.8) is 0 Å². The summed E-state index contributed by atoms with van der Waals surface area (Å²) in [5.41, 5.74) is 3.94. The molecule has 2 N–H and O–H groups in total. The van der Waals surface area contributed by atoms with E-state index in [2.05, 4.69) is 0 Å². The Labute approximate surface area is 145 Å². The second-order valence-corrected chi connectivity index (χ2v) is 8.28. The third-order valence-corrected chi connectivity index (χ3v) is 5.11. The number of hydrogen-bond acceptors (Lipinski definition) is 3. The fraction of sp³-hybridized carbons (Fsp3) is 0.538. The lowest BCUT2D eigenvalue weighted by Gasteiger charge is -2.28. The van der Waals surface area contributed by atoms with Crippen molar-refractivity contribution in [2.24, 2.45) is 11.1 Å². The minimum atomic E-state index is -4.68. The molecular formula is C13H19Cl2F3N2O2S. The van der Waals surface area contributed by atoms with Gasteiger partial charge < -0.3 is 5.73 Å². The van der Waals surface area contributed by atoms with Gasteiger partial charge in [0.05, 0.1) is 10.5 Å². The molecule has 134 valence electrons. The average molecular weight is 395 g/mol. The van der Waals surface area contributed by atoms with E-state index in [-0.39, 0.29) is 30.5 Å². The number of benzene rings is 1. The van der Waals surface area contributed by atoms with Crippen LogP contribution in [-0.2, 0) is 16.2 Å². The maximum atomic E-state index is 12.8. The molecule has 0 saturated heterocycles. The fourth-order valence-electron chi connectivity index (χ4n) is 1.81. The number of nitrogens with two attached hydrogens (primary N) is 1. The first kappa shape index (κ1) is 22.5. The monoisotopic (exact) mass is 394 g/mol. The van der Waals surface area contributed by atoms with Crippen LogP contribution in [0.1, 0.15) is 19.4 Å². The van der Waals surface area contributed by atoms with Crippen molar-refractivity contribution in [2.45, 2.75) is 24.9 Å². The molecule has 0 fully saturated rings. The van der Waals surface area contributed by atoms with E-state index in [4.69, 9.17) is 17.3 Å². The fourth-order valence-corrected chi connectivity index (χ4v) is 3.54. The minimum Gasteiger partial charge on any atom is -0.330 e. The Hall–Kier alpha value is -0.540. The Bertz CT molecular complexity index is 649. The number of rotatable bonds is 5. The second kappa shape index (κ2) is 7.57. The summed E-state index contributed by atoms with van der Waals surface area (Å²) in [5.74, 6) is 0. The van der Waals surface area contributed by atoms with E-state index in [1.807, 2.05) is 0 Å². The Morgan fingerprint density at radius 3 is 2.17 bits per heavy atom. The van der Waals surface area contributed by atoms with Crippen LogP contribution in [0, 0.1) is 5.41 Å². The van der Waals surface area contributed by atoms with Gasteiger partial charge in [-0.25, -0.2) is 12.7 Å². The number of nitrogens with zero attached hydrogens (tertiary/aromatic N) is 1. The van der Waals surface area contributed by atoms with Gasteiger partial charge in [0.1, 0.15) is 0 Å². The summed E-state index contributed by atoms with van der Waals surface area (Å²) in [6.45, 7) is 3.83. The zero-order chi connectivity index (χ0) is 17.3. The molecule has 1 aromatic rings. The van der Waals surface area contributed by atoms with Crippen molar-refractivity contribution in [1.82, 2.24) is 4.31 Å². The van der Waals surface area contributed by atoms with Crippen LogP contribution < -0.4 is 5.73 Å². The predicted molar refractivity (Wildman–Crippen MR) is 86.4 cm³/mol. The first-order chi connectivity index (χ1) is 9.79. The molecule has 0 aliphatic heterocycles. The second-order valence-electron chi connectivity index (χ2n) is 5.80. The molecule has 0 aliphatic carbocycles. The summed E-state index contributed by atoms with van der Waals surface area (Å²) in [4.78, 5) is -0.498. The zero-order valence-corrected chi connectivity index (χ0v) is 15.2. The molecular weight excluding hydrogens is 376 g/mol. The van der Waals surface area contributed by atoms with Crippen molar-refractivity contribution >= 4 is 34.0 Å². The molecule has 0 radical (unpaired) electrons. The van der Waals surface area contributed by atoms with E-state index in [1.165, 1.54) is 7.05 Å². The van der Waals surface area contributed by atoms with Crippen LogP contribution in [0.25, 0.3) is 0 Å². The van der Waals surface area contributed by atoms with Gasteiger partial charge in [-0.2, -0.15) is 13.2 Å². The highest BCUT2D eigenvalue weighted by atomic mass is 35.5. The smallest absolute Gasteiger partial charge is 0.330 e. The molecule has 0 unspecified atom stereocenters. The molecule has 0 spiro atoms. The van der Waals surface area contributed by atoms with E-state index in [0.717, 1.165) is 10.4 Å². The van der Waals surface area contributed by atoms with Crippen molar-refractivity contribution in [3.05, 3.63) is 28.8 Å². The topological polar surface area (TPSA) is 63.4 Å². The first-order valence-electron chi connectivity index (χ1n) is 6.34. The summed E-state index contributed by atoms with van der Waals surface area (Å²) in [6, 6.07) is 2.26. The molecule has 0 aliphatic rings. The Balaban J connectivity index is 0.00000484. The van der Waals surface area contributed by atoms with Gasteiger partial charge in [0.2, 0.25) is 10.0 Å². The quantitative estimate of drug-likeness (QED) is 0.832. The van der Waals surface area contributed by atoms with Gasteiger partial charge in [-0.3, -0.25) is 0 Å². The molecule has 0 aromatic heterocycles. The highest BCUT2D eigenvalue weighted by molar-refractivity contribution is 7.89. The van der Waals surface area contributed by atoms with E-state index >= 15 is 0 Å². The SMILES string of the molecule is CN(CC(C)(C)CN)S(=O)(=O)c1cc(Cl)cc(C(F)(F)F)c1.Cl.